The molecule has 0 aromatic carbocycles. The lowest BCUT2D eigenvalue weighted by atomic mass is 9.81. The Kier molecular flexibility index (Phi) is 5.35. The molecule has 0 amide bonds. The molecule has 92 valence electrons. The smallest absolute Gasteiger partial charge is 0.0324 e. The molecule has 3 heteroatoms. The zero-order valence-electron chi connectivity index (χ0n) is 10.7. The maximum atomic E-state index is 4.47. The van der Waals surface area contributed by atoms with Crippen LogP contribution in [0.4, 0.5) is 0 Å². The second kappa shape index (κ2) is 6.08. The van der Waals surface area contributed by atoms with Gasteiger partial charge in [-0.25, -0.2) is 0 Å². The first-order valence-corrected chi connectivity index (χ1v) is 7.26. The van der Waals surface area contributed by atoms with E-state index in [2.05, 4.69) is 62.9 Å². The van der Waals surface area contributed by atoms with Crippen molar-refractivity contribution in [2.75, 3.05) is 19.3 Å². The average molecular weight is 257 g/mol. The Hall–Kier alpha value is 0.01000. The van der Waals surface area contributed by atoms with E-state index in [9.17, 15) is 0 Å². The van der Waals surface area contributed by atoms with Crippen molar-refractivity contribution < 1.29 is 0 Å². The van der Waals surface area contributed by atoms with Crippen LogP contribution in [0.5, 0.6) is 0 Å². The SMILES string of the molecule is CN(Cc1cccs1)CC(CS)C(C)(C)C. The molecular weight excluding hydrogens is 234 g/mol. The summed E-state index contributed by atoms with van der Waals surface area (Å²) in [6.07, 6.45) is 0. The summed E-state index contributed by atoms with van der Waals surface area (Å²) in [6, 6.07) is 4.32. The molecule has 0 spiro atoms. The van der Waals surface area contributed by atoms with Crippen LogP contribution in [0.3, 0.4) is 0 Å². The first kappa shape index (κ1) is 14.1. The summed E-state index contributed by atoms with van der Waals surface area (Å²) in [7, 11) is 2.20. The van der Waals surface area contributed by atoms with Crippen LogP contribution in [0.2, 0.25) is 0 Å². The fourth-order valence-corrected chi connectivity index (χ4v) is 3.16. The van der Waals surface area contributed by atoms with E-state index in [1.165, 1.54) is 4.88 Å². The summed E-state index contributed by atoms with van der Waals surface area (Å²) in [5.74, 6) is 1.60. The molecule has 1 aromatic rings. The minimum atomic E-state index is 0.339. The maximum absolute atomic E-state index is 4.47. The second-order valence-electron chi connectivity index (χ2n) is 5.52. The quantitative estimate of drug-likeness (QED) is 0.786. The van der Waals surface area contributed by atoms with Crippen LogP contribution in [0.25, 0.3) is 0 Å². The van der Waals surface area contributed by atoms with Crippen LogP contribution in [-0.4, -0.2) is 24.2 Å². The van der Waals surface area contributed by atoms with E-state index < -0.39 is 0 Å². The standard InChI is InChI=1S/C13H23NS2/c1-13(2,3)11(10-15)8-14(4)9-12-6-5-7-16-12/h5-7,11,15H,8-10H2,1-4H3. The van der Waals surface area contributed by atoms with Gasteiger partial charge in [0.2, 0.25) is 0 Å². The largest absolute Gasteiger partial charge is 0.301 e. The van der Waals surface area contributed by atoms with E-state index in [0.29, 0.717) is 11.3 Å². The molecule has 1 atom stereocenters. The number of nitrogens with zero attached hydrogens (tertiary/aromatic N) is 1. The molecule has 0 fully saturated rings. The number of hydrogen-bond acceptors (Lipinski definition) is 3. The highest BCUT2D eigenvalue weighted by atomic mass is 32.1. The van der Waals surface area contributed by atoms with E-state index in [0.717, 1.165) is 18.8 Å². The zero-order chi connectivity index (χ0) is 12.2. The third kappa shape index (κ3) is 4.48. The molecule has 0 saturated carbocycles. The van der Waals surface area contributed by atoms with Crippen molar-refractivity contribution in [3.05, 3.63) is 22.4 Å². The number of rotatable bonds is 5. The molecule has 16 heavy (non-hydrogen) atoms. The van der Waals surface area contributed by atoms with Crippen molar-refractivity contribution in [2.45, 2.75) is 27.3 Å². The fraction of sp³-hybridized carbons (Fsp3) is 0.692. The van der Waals surface area contributed by atoms with Gasteiger partial charge in [0.25, 0.3) is 0 Å². The van der Waals surface area contributed by atoms with Gasteiger partial charge < -0.3 is 4.90 Å². The van der Waals surface area contributed by atoms with E-state index in [-0.39, 0.29) is 0 Å². The summed E-state index contributed by atoms with van der Waals surface area (Å²) < 4.78 is 0. The molecule has 0 radical (unpaired) electrons. The third-order valence-electron chi connectivity index (χ3n) is 2.98. The van der Waals surface area contributed by atoms with Gasteiger partial charge in [-0.15, -0.1) is 11.3 Å². The molecule has 0 N–H and O–H groups in total. The van der Waals surface area contributed by atoms with Crippen LogP contribution in [0.15, 0.2) is 17.5 Å². The molecular formula is C13H23NS2. The monoisotopic (exact) mass is 257 g/mol. The molecule has 0 aliphatic heterocycles. The van der Waals surface area contributed by atoms with E-state index >= 15 is 0 Å². The minimum absolute atomic E-state index is 0.339. The van der Waals surface area contributed by atoms with Gasteiger partial charge >= 0.3 is 0 Å². The van der Waals surface area contributed by atoms with Gasteiger partial charge in [-0.05, 0) is 35.6 Å². The van der Waals surface area contributed by atoms with Crippen molar-refractivity contribution in [3.63, 3.8) is 0 Å². The lowest BCUT2D eigenvalue weighted by Crippen LogP contribution is -2.34. The second-order valence-corrected chi connectivity index (χ2v) is 6.92. The molecule has 1 rings (SSSR count). The van der Waals surface area contributed by atoms with Gasteiger partial charge in [-0.2, -0.15) is 12.6 Å². The molecule has 1 unspecified atom stereocenters. The van der Waals surface area contributed by atoms with Crippen molar-refractivity contribution in [1.29, 1.82) is 0 Å². The Balaban J connectivity index is 2.46. The van der Waals surface area contributed by atoms with Crippen LogP contribution in [0.1, 0.15) is 25.6 Å². The lowest BCUT2D eigenvalue weighted by molar-refractivity contribution is 0.184. The van der Waals surface area contributed by atoms with E-state index in [1.54, 1.807) is 0 Å². The summed E-state index contributed by atoms with van der Waals surface area (Å²) in [5.41, 5.74) is 0.339. The summed E-state index contributed by atoms with van der Waals surface area (Å²) >= 11 is 6.31. The maximum Gasteiger partial charge on any atom is 0.0324 e. The van der Waals surface area contributed by atoms with Gasteiger partial charge in [-0.1, -0.05) is 26.8 Å². The van der Waals surface area contributed by atoms with Crippen molar-refractivity contribution in [2.24, 2.45) is 11.3 Å². The van der Waals surface area contributed by atoms with Gasteiger partial charge in [0, 0.05) is 18.0 Å². The third-order valence-corrected chi connectivity index (χ3v) is 4.28. The van der Waals surface area contributed by atoms with Crippen LogP contribution in [0, 0.1) is 11.3 Å². The highest BCUT2D eigenvalue weighted by molar-refractivity contribution is 7.80. The van der Waals surface area contributed by atoms with Crippen LogP contribution in [-0.2, 0) is 6.54 Å². The Morgan fingerprint density at radius 1 is 1.44 bits per heavy atom. The first-order chi connectivity index (χ1) is 7.43. The number of thiol groups is 1. The minimum Gasteiger partial charge on any atom is -0.301 e. The molecule has 1 nitrogen and oxygen atoms in total. The molecule has 0 aliphatic rings. The van der Waals surface area contributed by atoms with Gasteiger partial charge in [0.05, 0.1) is 0 Å². The Labute approximate surface area is 109 Å². The van der Waals surface area contributed by atoms with Gasteiger partial charge in [-0.3, -0.25) is 0 Å². The van der Waals surface area contributed by atoms with Crippen molar-refractivity contribution in [3.8, 4) is 0 Å². The van der Waals surface area contributed by atoms with Gasteiger partial charge in [0.1, 0.15) is 0 Å². The Morgan fingerprint density at radius 2 is 2.12 bits per heavy atom. The fourth-order valence-electron chi connectivity index (χ4n) is 1.71. The number of thiophene rings is 1. The predicted octanol–water partition coefficient (Wildman–Crippen LogP) is 3.77. The topological polar surface area (TPSA) is 3.24 Å². The van der Waals surface area contributed by atoms with Gasteiger partial charge in [0.15, 0.2) is 0 Å². The summed E-state index contributed by atoms with van der Waals surface area (Å²) in [4.78, 5) is 3.84. The lowest BCUT2D eigenvalue weighted by Gasteiger charge is -2.32. The number of hydrogen-bond donors (Lipinski definition) is 1. The van der Waals surface area contributed by atoms with E-state index in [4.69, 9.17) is 0 Å². The zero-order valence-corrected chi connectivity index (χ0v) is 12.4. The van der Waals surface area contributed by atoms with Crippen LogP contribution < -0.4 is 0 Å². The molecule has 1 aromatic heterocycles. The first-order valence-electron chi connectivity index (χ1n) is 5.75. The summed E-state index contributed by atoms with van der Waals surface area (Å²) in [6.45, 7) is 9.07. The molecule has 0 saturated heterocycles. The molecule has 1 heterocycles. The highest BCUT2D eigenvalue weighted by Gasteiger charge is 2.24. The van der Waals surface area contributed by atoms with Crippen molar-refractivity contribution >= 4 is 24.0 Å². The van der Waals surface area contributed by atoms with Crippen LogP contribution >= 0.6 is 24.0 Å². The predicted molar refractivity (Wildman–Crippen MR) is 77.5 cm³/mol. The Morgan fingerprint density at radius 3 is 2.56 bits per heavy atom. The highest BCUT2D eigenvalue weighted by Crippen LogP contribution is 2.27. The Bertz CT molecular complexity index is 287. The van der Waals surface area contributed by atoms with E-state index in [1.807, 2.05) is 11.3 Å². The molecule has 0 aliphatic carbocycles. The average Bonchev–Trinajstić information content (AvgIpc) is 2.64. The summed E-state index contributed by atoms with van der Waals surface area (Å²) in [5, 5.41) is 2.14. The van der Waals surface area contributed by atoms with Crippen molar-refractivity contribution in [1.82, 2.24) is 4.90 Å². The normalized spacial score (nSPS) is 14.4. The molecule has 0 bridgehead atoms.